The first-order chi connectivity index (χ1) is 13.5. The zero-order valence-electron chi connectivity index (χ0n) is 15.7. The predicted molar refractivity (Wildman–Crippen MR) is 114 cm³/mol. The minimum absolute atomic E-state index is 0.0249. The summed E-state index contributed by atoms with van der Waals surface area (Å²) in [5.74, 6) is 6.67. The van der Waals surface area contributed by atoms with Gasteiger partial charge in [0.15, 0.2) is 5.82 Å². The van der Waals surface area contributed by atoms with Crippen LogP contribution < -0.4 is 11.2 Å². The molecule has 0 aliphatic carbocycles. The molecular weight excluding hydrogens is 394 g/mol. The fourth-order valence-corrected chi connectivity index (χ4v) is 3.68. The summed E-state index contributed by atoms with van der Waals surface area (Å²) in [7, 11) is 0. The molecule has 146 valence electrons. The summed E-state index contributed by atoms with van der Waals surface area (Å²) in [5.41, 5.74) is 2.98. The molecule has 3 rings (SSSR count). The molecule has 0 radical (unpaired) electrons. The van der Waals surface area contributed by atoms with E-state index < -0.39 is 0 Å². The minimum atomic E-state index is -0.0836. The van der Waals surface area contributed by atoms with Crippen molar-refractivity contribution in [3.8, 4) is 11.4 Å². The molecule has 0 saturated carbocycles. The van der Waals surface area contributed by atoms with Crippen molar-refractivity contribution in [2.75, 3.05) is 11.6 Å². The van der Waals surface area contributed by atoms with Crippen LogP contribution in [0.1, 0.15) is 30.5 Å². The molecule has 0 aliphatic rings. The van der Waals surface area contributed by atoms with Crippen molar-refractivity contribution in [3.05, 3.63) is 64.7 Å². The Kier molecular flexibility index (Phi) is 6.59. The smallest absolute Gasteiger partial charge is 0.230 e. The van der Waals surface area contributed by atoms with Crippen LogP contribution in [0.3, 0.4) is 0 Å². The summed E-state index contributed by atoms with van der Waals surface area (Å²) in [6.07, 6.45) is 0.809. The molecule has 1 amide bonds. The molecule has 1 heterocycles. The molecule has 0 unspecified atom stereocenters. The van der Waals surface area contributed by atoms with Gasteiger partial charge in [0.05, 0.1) is 16.8 Å². The number of halogens is 1. The second-order valence-corrected chi connectivity index (χ2v) is 7.73. The van der Waals surface area contributed by atoms with Gasteiger partial charge in [-0.2, -0.15) is 0 Å². The summed E-state index contributed by atoms with van der Waals surface area (Å²) in [4.78, 5) is 12.4. The van der Waals surface area contributed by atoms with Crippen LogP contribution in [0, 0.1) is 6.92 Å². The first-order valence-electron chi connectivity index (χ1n) is 8.93. The zero-order chi connectivity index (χ0) is 20.1. The zero-order valence-corrected chi connectivity index (χ0v) is 17.3. The van der Waals surface area contributed by atoms with Crippen molar-refractivity contribution in [1.82, 2.24) is 20.2 Å². The number of carbonyl (C=O) groups is 1. The van der Waals surface area contributed by atoms with Gasteiger partial charge in [0.25, 0.3) is 0 Å². The highest BCUT2D eigenvalue weighted by atomic mass is 35.5. The Bertz CT molecular complexity index is 957. The molecule has 28 heavy (non-hydrogen) atoms. The fraction of sp³-hybridized carbons (Fsp3) is 0.250. The van der Waals surface area contributed by atoms with E-state index in [1.54, 1.807) is 6.07 Å². The van der Waals surface area contributed by atoms with Crippen LogP contribution in [0.5, 0.6) is 0 Å². The number of nitrogen functional groups attached to an aromatic ring is 1. The maximum Gasteiger partial charge on any atom is 0.230 e. The van der Waals surface area contributed by atoms with Crippen molar-refractivity contribution in [2.45, 2.75) is 31.5 Å². The van der Waals surface area contributed by atoms with Gasteiger partial charge in [-0.25, -0.2) is 4.68 Å². The van der Waals surface area contributed by atoms with Crippen LogP contribution in [0.25, 0.3) is 11.4 Å². The molecule has 3 aromatic rings. The number of hydrogen-bond acceptors (Lipinski definition) is 5. The molecule has 2 aromatic carbocycles. The third kappa shape index (κ3) is 4.66. The number of hydrogen-bond donors (Lipinski definition) is 2. The highest BCUT2D eigenvalue weighted by Crippen LogP contribution is 2.27. The summed E-state index contributed by atoms with van der Waals surface area (Å²) in [6, 6.07) is 15.4. The van der Waals surface area contributed by atoms with E-state index >= 15 is 0 Å². The van der Waals surface area contributed by atoms with Crippen molar-refractivity contribution in [2.24, 2.45) is 0 Å². The first kappa shape index (κ1) is 20.2. The SMILES string of the molecule is CC[C@H](NC(=O)CSc1nnc(-c2ccccc2Cl)n1N)c1ccc(C)cc1. The van der Waals surface area contributed by atoms with Crippen LogP contribution in [0.4, 0.5) is 0 Å². The number of carbonyl (C=O) groups excluding carboxylic acids is 1. The Morgan fingerprint density at radius 2 is 1.93 bits per heavy atom. The van der Waals surface area contributed by atoms with Crippen molar-refractivity contribution in [3.63, 3.8) is 0 Å². The van der Waals surface area contributed by atoms with Crippen molar-refractivity contribution in [1.29, 1.82) is 0 Å². The molecule has 0 spiro atoms. The average Bonchev–Trinajstić information content (AvgIpc) is 3.06. The average molecular weight is 416 g/mol. The van der Waals surface area contributed by atoms with Gasteiger partial charge < -0.3 is 11.2 Å². The molecule has 0 saturated heterocycles. The molecule has 1 atom stereocenters. The summed E-state index contributed by atoms with van der Waals surface area (Å²) < 4.78 is 1.36. The molecule has 3 N–H and O–H groups in total. The number of aromatic nitrogens is 3. The molecule has 0 bridgehead atoms. The van der Waals surface area contributed by atoms with E-state index in [-0.39, 0.29) is 17.7 Å². The maximum absolute atomic E-state index is 12.4. The monoisotopic (exact) mass is 415 g/mol. The second kappa shape index (κ2) is 9.12. The lowest BCUT2D eigenvalue weighted by molar-refractivity contribution is -0.119. The van der Waals surface area contributed by atoms with Crippen LogP contribution in [-0.4, -0.2) is 26.5 Å². The molecular formula is C20H22ClN5OS. The Balaban J connectivity index is 1.63. The van der Waals surface area contributed by atoms with E-state index in [9.17, 15) is 4.79 Å². The van der Waals surface area contributed by atoms with E-state index in [0.29, 0.717) is 21.6 Å². The molecule has 0 aliphatic heterocycles. The van der Waals surface area contributed by atoms with Gasteiger partial charge in [-0.3, -0.25) is 4.79 Å². The van der Waals surface area contributed by atoms with Gasteiger partial charge in [-0.15, -0.1) is 10.2 Å². The largest absolute Gasteiger partial charge is 0.349 e. The van der Waals surface area contributed by atoms with Gasteiger partial charge in [-0.05, 0) is 31.0 Å². The van der Waals surface area contributed by atoms with E-state index in [0.717, 1.165) is 12.0 Å². The number of nitrogens with two attached hydrogens (primary N) is 1. The Hall–Kier alpha value is -2.51. The number of thioether (sulfide) groups is 1. The second-order valence-electron chi connectivity index (χ2n) is 6.38. The van der Waals surface area contributed by atoms with Gasteiger partial charge in [0.2, 0.25) is 11.1 Å². The van der Waals surface area contributed by atoms with E-state index in [1.807, 2.05) is 56.3 Å². The normalized spacial score (nSPS) is 12.0. The summed E-state index contributed by atoms with van der Waals surface area (Å²) >= 11 is 7.44. The van der Waals surface area contributed by atoms with Crippen molar-refractivity contribution >= 4 is 29.3 Å². The minimum Gasteiger partial charge on any atom is -0.349 e. The first-order valence-corrected chi connectivity index (χ1v) is 10.3. The standard InChI is InChI=1S/C20H22ClN5OS/c1-3-17(14-10-8-13(2)9-11-14)23-18(27)12-28-20-25-24-19(26(20)22)15-6-4-5-7-16(15)21/h4-11,17H,3,12,22H2,1-2H3,(H,23,27)/t17-/m0/s1. The van der Waals surface area contributed by atoms with Crippen LogP contribution in [0.2, 0.25) is 5.02 Å². The quantitative estimate of drug-likeness (QED) is 0.450. The van der Waals surface area contributed by atoms with Gasteiger partial charge >= 0.3 is 0 Å². The Morgan fingerprint density at radius 1 is 1.21 bits per heavy atom. The number of nitrogens with one attached hydrogen (secondary N) is 1. The number of aryl methyl sites for hydroxylation is 1. The van der Waals surface area contributed by atoms with Crippen molar-refractivity contribution < 1.29 is 4.79 Å². The Labute approximate surface area is 173 Å². The lowest BCUT2D eigenvalue weighted by atomic mass is 10.0. The van der Waals surface area contributed by atoms with Crippen LogP contribution >= 0.6 is 23.4 Å². The highest BCUT2D eigenvalue weighted by Gasteiger charge is 2.17. The number of amides is 1. The maximum atomic E-state index is 12.4. The fourth-order valence-electron chi connectivity index (χ4n) is 2.79. The van der Waals surface area contributed by atoms with E-state index in [2.05, 4.69) is 15.5 Å². The summed E-state index contributed by atoms with van der Waals surface area (Å²) in [6.45, 7) is 4.09. The molecule has 6 nitrogen and oxygen atoms in total. The highest BCUT2D eigenvalue weighted by molar-refractivity contribution is 7.99. The molecule has 8 heteroatoms. The lowest BCUT2D eigenvalue weighted by Gasteiger charge is -2.17. The number of rotatable bonds is 7. The number of nitrogens with zero attached hydrogens (tertiary/aromatic N) is 3. The topological polar surface area (TPSA) is 85.8 Å². The van der Waals surface area contributed by atoms with Crippen LogP contribution in [0.15, 0.2) is 53.7 Å². The van der Waals surface area contributed by atoms with E-state index in [1.165, 1.54) is 22.0 Å². The summed E-state index contributed by atoms with van der Waals surface area (Å²) in [5, 5.41) is 12.2. The van der Waals surface area contributed by atoms with Gasteiger partial charge in [0, 0.05) is 5.56 Å². The molecule has 0 fully saturated rings. The van der Waals surface area contributed by atoms with Gasteiger partial charge in [0.1, 0.15) is 0 Å². The predicted octanol–water partition coefficient (Wildman–Crippen LogP) is 3.98. The third-order valence-corrected chi connectivity index (χ3v) is 5.61. The Morgan fingerprint density at radius 3 is 2.61 bits per heavy atom. The van der Waals surface area contributed by atoms with Gasteiger partial charge in [-0.1, -0.05) is 72.2 Å². The third-order valence-electron chi connectivity index (χ3n) is 4.33. The van der Waals surface area contributed by atoms with Crippen LogP contribution in [-0.2, 0) is 4.79 Å². The van der Waals surface area contributed by atoms with E-state index in [4.69, 9.17) is 17.4 Å². The lowest BCUT2D eigenvalue weighted by Crippen LogP contribution is -2.29. The molecule has 1 aromatic heterocycles. The number of benzene rings is 2.